The number of hydrogen-bond acceptors (Lipinski definition) is 6. The SMILES string of the molecule is C=CSC1=C(C)C(C)(c2nn[nH]n2)c2cc(C)sc2CC1.CC.CC(C)N. The van der Waals surface area contributed by atoms with Crippen LogP contribution in [0.15, 0.2) is 28.5 Å². The zero-order valence-electron chi connectivity index (χ0n) is 17.6. The predicted molar refractivity (Wildman–Crippen MR) is 119 cm³/mol. The lowest BCUT2D eigenvalue weighted by Gasteiger charge is -2.28. The molecule has 2 aromatic rings. The van der Waals surface area contributed by atoms with Crippen molar-refractivity contribution in [3.8, 4) is 0 Å². The number of hydrogen-bond donors (Lipinski definition) is 2. The summed E-state index contributed by atoms with van der Waals surface area (Å²) in [6, 6.07) is 2.61. The van der Waals surface area contributed by atoms with Gasteiger partial charge in [-0.3, -0.25) is 0 Å². The maximum Gasteiger partial charge on any atom is 0.188 e. The third-order valence-corrected chi connectivity index (χ3v) is 6.31. The first kappa shape index (κ1) is 23.6. The van der Waals surface area contributed by atoms with Crippen LogP contribution in [0.1, 0.15) is 69.1 Å². The minimum absolute atomic E-state index is 0.324. The van der Waals surface area contributed by atoms with E-state index in [0.717, 1.165) is 18.7 Å². The number of aryl methyl sites for hydroxylation is 2. The Morgan fingerprint density at radius 2 is 1.96 bits per heavy atom. The van der Waals surface area contributed by atoms with Gasteiger partial charge in [0.1, 0.15) is 0 Å². The summed E-state index contributed by atoms with van der Waals surface area (Å²) in [4.78, 5) is 4.12. The number of H-pyrrole nitrogens is 1. The van der Waals surface area contributed by atoms with Crippen LogP contribution in [0.5, 0.6) is 0 Å². The zero-order chi connectivity index (χ0) is 20.6. The van der Waals surface area contributed by atoms with Gasteiger partial charge in [-0.05, 0) is 67.2 Å². The van der Waals surface area contributed by atoms with Gasteiger partial charge in [0.2, 0.25) is 0 Å². The number of thioether (sulfide) groups is 1. The molecule has 7 heteroatoms. The maximum atomic E-state index is 5.11. The fourth-order valence-corrected chi connectivity index (χ4v) is 4.92. The van der Waals surface area contributed by atoms with Gasteiger partial charge in [-0.1, -0.05) is 39.5 Å². The van der Waals surface area contributed by atoms with Gasteiger partial charge in [-0.2, -0.15) is 5.21 Å². The average molecular weight is 408 g/mol. The summed E-state index contributed by atoms with van der Waals surface area (Å²) in [6.45, 7) is 18.3. The first-order chi connectivity index (χ1) is 12.8. The lowest BCUT2D eigenvalue weighted by atomic mass is 9.76. The zero-order valence-corrected chi connectivity index (χ0v) is 19.2. The van der Waals surface area contributed by atoms with Gasteiger partial charge in [-0.25, -0.2) is 0 Å². The molecule has 0 radical (unpaired) electrons. The van der Waals surface area contributed by atoms with E-state index < -0.39 is 0 Å². The Labute approximate surface area is 171 Å². The van der Waals surface area contributed by atoms with Crippen LogP contribution in [0.4, 0.5) is 0 Å². The monoisotopic (exact) mass is 407 g/mol. The van der Waals surface area contributed by atoms with Crippen LogP contribution in [-0.2, 0) is 11.8 Å². The van der Waals surface area contributed by atoms with E-state index in [9.17, 15) is 0 Å². The molecular formula is C20H33N5S2. The Hall–Kier alpha value is -1.44. The maximum absolute atomic E-state index is 5.11. The van der Waals surface area contributed by atoms with Crippen molar-refractivity contribution in [3.05, 3.63) is 49.7 Å². The molecule has 1 aliphatic rings. The minimum Gasteiger partial charge on any atom is -0.328 e. The van der Waals surface area contributed by atoms with Gasteiger partial charge in [0, 0.05) is 9.75 Å². The van der Waals surface area contributed by atoms with Gasteiger partial charge < -0.3 is 5.73 Å². The van der Waals surface area contributed by atoms with Crippen molar-refractivity contribution in [2.45, 2.75) is 72.8 Å². The predicted octanol–water partition coefficient (Wildman–Crippen LogP) is 5.35. The molecule has 0 aliphatic heterocycles. The van der Waals surface area contributed by atoms with Crippen molar-refractivity contribution in [3.63, 3.8) is 0 Å². The van der Waals surface area contributed by atoms with Gasteiger partial charge in [0.05, 0.1) is 5.41 Å². The smallest absolute Gasteiger partial charge is 0.188 e. The number of fused-ring (bicyclic) bond motifs is 1. The number of nitrogens with two attached hydrogens (primary N) is 1. The summed E-state index contributed by atoms with van der Waals surface area (Å²) in [5.74, 6) is 0.739. The molecule has 0 saturated carbocycles. The molecule has 1 atom stereocenters. The number of nitrogens with one attached hydrogen (secondary N) is 1. The first-order valence-corrected chi connectivity index (χ1v) is 11.1. The van der Waals surface area contributed by atoms with Crippen molar-refractivity contribution in [2.75, 3.05) is 0 Å². The van der Waals surface area contributed by atoms with E-state index in [0.29, 0.717) is 6.04 Å². The Bertz CT molecular complexity index is 744. The Balaban J connectivity index is 0.000000541. The van der Waals surface area contributed by atoms with Crippen LogP contribution >= 0.6 is 23.1 Å². The molecule has 0 amide bonds. The normalized spacial score (nSPS) is 18.7. The highest BCUT2D eigenvalue weighted by molar-refractivity contribution is 8.05. The number of tetrazole rings is 1. The molecule has 0 fully saturated rings. The van der Waals surface area contributed by atoms with E-state index in [4.69, 9.17) is 5.73 Å². The molecule has 3 rings (SSSR count). The first-order valence-electron chi connectivity index (χ1n) is 9.37. The molecule has 3 N–H and O–H groups in total. The number of aromatic amines is 1. The summed E-state index contributed by atoms with van der Waals surface area (Å²) in [6.07, 6.45) is 2.11. The molecule has 2 aromatic heterocycles. The lowest BCUT2D eigenvalue weighted by molar-refractivity contribution is 0.621. The summed E-state index contributed by atoms with van der Waals surface area (Å²) in [5.41, 5.74) is 7.41. The van der Waals surface area contributed by atoms with E-state index in [-0.39, 0.29) is 5.41 Å². The number of aromatic nitrogens is 4. The molecule has 27 heavy (non-hydrogen) atoms. The summed E-state index contributed by atoms with van der Waals surface area (Å²) in [7, 11) is 0. The van der Waals surface area contributed by atoms with E-state index in [1.54, 1.807) is 11.8 Å². The summed E-state index contributed by atoms with van der Waals surface area (Å²) in [5, 5.41) is 16.9. The molecular weight excluding hydrogens is 374 g/mol. The van der Waals surface area contributed by atoms with Crippen molar-refractivity contribution < 1.29 is 0 Å². The highest BCUT2D eigenvalue weighted by atomic mass is 32.2. The van der Waals surface area contributed by atoms with Crippen LogP contribution in [0.25, 0.3) is 0 Å². The van der Waals surface area contributed by atoms with Crippen molar-refractivity contribution in [1.82, 2.24) is 20.6 Å². The van der Waals surface area contributed by atoms with Crippen LogP contribution in [-0.4, -0.2) is 26.7 Å². The van der Waals surface area contributed by atoms with Crippen molar-refractivity contribution in [2.24, 2.45) is 5.73 Å². The highest BCUT2D eigenvalue weighted by Gasteiger charge is 2.40. The number of thiophene rings is 1. The van der Waals surface area contributed by atoms with Gasteiger partial charge in [0.15, 0.2) is 5.82 Å². The fourth-order valence-electron chi connectivity index (χ4n) is 2.98. The third kappa shape index (κ3) is 5.53. The second-order valence-electron chi connectivity index (χ2n) is 6.63. The Morgan fingerprint density at radius 3 is 2.48 bits per heavy atom. The molecule has 1 unspecified atom stereocenters. The fraction of sp³-hybridized carbons (Fsp3) is 0.550. The highest BCUT2D eigenvalue weighted by Crippen LogP contribution is 2.47. The molecule has 1 aliphatic carbocycles. The summed E-state index contributed by atoms with van der Waals surface area (Å²) >= 11 is 3.59. The molecule has 0 spiro atoms. The van der Waals surface area contributed by atoms with Crippen molar-refractivity contribution in [1.29, 1.82) is 0 Å². The third-order valence-electron chi connectivity index (χ3n) is 4.24. The van der Waals surface area contributed by atoms with Crippen LogP contribution < -0.4 is 5.73 Å². The second-order valence-corrected chi connectivity index (χ2v) is 9.03. The molecule has 0 saturated heterocycles. The Kier molecular flexibility index (Phi) is 9.42. The summed E-state index contributed by atoms with van der Waals surface area (Å²) < 4.78 is 0. The average Bonchev–Trinajstić information content (AvgIpc) is 3.27. The van der Waals surface area contributed by atoms with E-state index in [1.807, 2.05) is 44.4 Å². The standard InChI is InChI=1S/C15H18N4S2.C3H9N.C2H6/c1-5-20-12-6-7-13-11(8-9(2)21-13)15(4,10(12)3)14-16-18-19-17-14;1-3(2)4;1-2/h5,8H,1,6-7H2,2-4H3,(H,16,17,18,19);3H,4H2,1-2H3;1-2H3. The lowest BCUT2D eigenvalue weighted by Crippen LogP contribution is -2.27. The minimum atomic E-state index is -0.324. The van der Waals surface area contributed by atoms with Gasteiger partial charge >= 0.3 is 0 Å². The molecule has 150 valence electrons. The Morgan fingerprint density at radius 1 is 1.33 bits per heavy atom. The molecule has 2 heterocycles. The van der Waals surface area contributed by atoms with Gasteiger partial charge in [-0.15, -0.1) is 33.3 Å². The van der Waals surface area contributed by atoms with E-state index in [1.165, 1.54) is 25.8 Å². The van der Waals surface area contributed by atoms with Crippen LogP contribution in [0.2, 0.25) is 0 Å². The van der Waals surface area contributed by atoms with E-state index in [2.05, 4.69) is 54.0 Å². The quantitative estimate of drug-likeness (QED) is 0.716. The van der Waals surface area contributed by atoms with Crippen molar-refractivity contribution >= 4 is 23.1 Å². The van der Waals surface area contributed by atoms with Crippen LogP contribution in [0.3, 0.4) is 0 Å². The van der Waals surface area contributed by atoms with E-state index >= 15 is 0 Å². The number of nitrogens with zero attached hydrogens (tertiary/aromatic N) is 3. The second kappa shape index (κ2) is 10.8. The molecule has 5 nitrogen and oxygen atoms in total. The largest absolute Gasteiger partial charge is 0.328 e. The number of allylic oxidation sites excluding steroid dienone is 2. The molecule has 0 aromatic carbocycles. The topological polar surface area (TPSA) is 80.5 Å². The van der Waals surface area contributed by atoms with Crippen LogP contribution in [0, 0.1) is 6.92 Å². The number of rotatable bonds is 3. The van der Waals surface area contributed by atoms with Gasteiger partial charge in [0.25, 0.3) is 0 Å². The molecule has 0 bridgehead atoms.